The van der Waals surface area contributed by atoms with E-state index in [4.69, 9.17) is 14.5 Å². The zero-order valence-corrected chi connectivity index (χ0v) is 16.3. The molecular weight excluding hydrogens is 314 g/mol. The van der Waals surface area contributed by atoms with E-state index < -0.39 is 0 Å². The lowest BCUT2D eigenvalue weighted by Gasteiger charge is -2.24. The van der Waals surface area contributed by atoms with Crippen molar-refractivity contribution in [1.29, 1.82) is 0 Å². The predicted molar refractivity (Wildman–Crippen MR) is 103 cm³/mol. The number of rotatable bonds is 9. The number of hydrogen-bond donors (Lipinski definition) is 2. The molecule has 0 unspecified atom stereocenters. The normalized spacial score (nSPS) is 15.2. The zero-order chi connectivity index (χ0) is 18.3. The first-order valence-corrected chi connectivity index (χ1v) is 9.23. The zero-order valence-electron chi connectivity index (χ0n) is 16.3. The molecule has 140 valence electrons. The quantitative estimate of drug-likeness (QED) is 0.532. The smallest absolute Gasteiger partial charge is 0.191 e. The van der Waals surface area contributed by atoms with E-state index in [0.717, 1.165) is 36.3 Å². The number of nitrogens with one attached hydrogen (secondary N) is 2. The van der Waals surface area contributed by atoms with E-state index >= 15 is 0 Å². The minimum absolute atomic E-state index is 0.238. The summed E-state index contributed by atoms with van der Waals surface area (Å²) in [5, 5.41) is 6.63. The van der Waals surface area contributed by atoms with E-state index in [1.807, 2.05) is 13.8 Å². The van der Waals surface area contributed by atoms with Gasteiger partial charge in [-0.05, 0) is 58.1 Å². The fourth-order valence-electron chi connectivity index (χ4n) is 2.29. The highest BCUT2D eigenvalue weighted by Gasteiger charge is 2.22. The van der Waals surface area contributed by atoms with Gasteiger partial charge in [-0.1, -0.05) is 12.1 Å². The molecule has 5 heteroatoms. The minimum atomic E-state index is -0.238. The molecule has 1 fully saturated rings. The maximum absolute atomic E-state index is 6.04. The lowest BCUT2D eigenvalue weighted by Crippen LogP contribution is -2.45. The van der Waals surface area contributed by atoms with Gasteiger partial charge in [-0.3, -0.25) is 0 Å². The van der Waals surface area contributed by atoms with Crippen LogP contribution in [0.5, 0.6) is 5.75 Å². The second-order valence-electron chi connectivity index (χ2n) is 7.38. The van der Waals surface area contributed by atoms with Crippen LogP contribution in [0.25, 0.3) is 0 Å². The summed E-state index contributed by atoms with van der Waals surface area (Å²) in [7, 11) is 1.72. The second-order valence-corrected chi connectivity index (χ2v) is 7.38. The Labute approximate surface area is 152 Å². The van der Waals surface area contributed by atoms with Gasteiger partial charge >= 0.3 is 0 Å². The highest BCUT2D eigenvalue weighted by Crippen LogP contribution is 2.30. The van der Waals surface area contributed by atoms with Gasteiger partial charge in [-0.25, -0.2) is 4.99 Å². The van der Waals surface area contributed by atoms with Crippen molar-refractivity contribution in [3.8, 4) is 5.75 Å². The minimum Gasteiger partial charge on any atom is -0.493 e. The van der Waals surface area contributed by atoms with Crippen molar-refractivity contribution in [3.05, 3.63) is 29.3 Å². The van der Waals surface area contributed by atoms with E-state index in [1.54, 1.807) is 7.11 Å². The number of aliphatic imine (C=N–C) groups is 1. The molecule has 1 saturated carbocycles. The van der Waals surface area contributed by atoms with Crippen LogP contribution in [-0.2, 0) is 11.3 Å². The van der Waals surface area contributed by atoms with Gasteiger partial charge < -0.3 is 20.1 Å². The fraction of sp³-hybridized carbons (Fsp3) is 0.650. The monoisotopic (exact) mass is 347 g/mol. The molecule has 5 nitrogen and oxygen atoms in total. The number of nitrogens with zero attached hydrogens (tertiary/aromatic N) is 1. The Morgan fingerprint density at radius 1 is 1.28 bits per heavy atom. The van der Waals surface area contributed by atoms with Gasteiger partial charge in [0.05, 0.1) is 18.8 Å². The number of aryl methyl sites for hydroxylation is 1. The van der Waals surface area contributed by atoms with Gasteiger partial charge in [0.25, 0.3) is 0 Å². The SMILES string of the molecule is CCNC(=NCc1ccc(C)cc1OCC1CC1)NCC(C)(C)OC. The molecule has 0 amide bonds. The lowest BCUT2D eigenvalue weighted by molar-refractivity contribution is 0.0268. The van der Waals surface area contributed by atoms with Gasteiger partial charge in [0.15, 0.2) is 5.96 Å². The molecule has 1 aliphatic rings. The van der Waals surface area contributed by atoms with Crippen molar-refractivity contribution in [2.45, 2.75) is 52.7 Å². The molecule has 0 heterocycles. The average molecular weight is 348 g/mol. The van der Waals surface area contributed by atoms with Crippen LogP contribution in [-0.4, -0.2) is 38.4 Å². The van der Waals surface area contributed by atoms with Crippen LogP contribution in [0.1, 0.15) is 44.7 Å². The number of guanidine groups is 1. The molecule has 25 heavy (non-hydrogen) atoms. The Balaban J connectivity index is 2.02. The van der Waals surface area contributed by atoms with E-state index in [1.165, 1.54) is 18.4 Å². The maximum Gasteiger partial charge on any atom is 0.191 e. The summed E-state index contributed by atoms with van der Waals surface area (Å²) in [6, 6.07) is 6.34. The van der Waals surface area contributed by atoms with E-state index in [-0.39, 0.29) is 5.60 Å². The van der Waals surface area contributed by atoms with Crippen molar-refractivity contribution >= 4 is 5.96 Å². The summed E-state index contributed by atoms with van der Waals surface area (Å²) in [6.45, 7) is 11.2. The molecule has 0 aromatic heterocycles. The van der Waals surface area contributed by atoms with Crippen LogP contribution in [0.3, 0.4) is 0 Å². The third-order valence-electron chi connectivity index (χ3n) is 4.38. The molecule has 0 bridgehead atoms. The molecule has 1 aromatic carbocycles. The van der Waals surface area contributed by atoms with Crippen molar-refractivity contribution < 1.29 is 9.47 Å². The number of methoxy groups -OCH3 is 1. The third kappa shape index (κ3) is 6.94. The Bertz CT molecular complexity index is 580. The largest absolute Gasteiger partial charge is 0.493 e. The first kappa shape index (κ1) is 19.6. The Kier molecular flexibility index (Phi) is 7.12. The standard InChI is InChI=1S/C20H33N3O2/c1-6-21-19(23-14-20(3,4)24-5)22-12-17-10-7-15(2)11-18(17)25-13-16-8-9-16/h7,10-11,16H,6,8-9,12-14H2,1-5H3,(H2,21,22,23). The van der Waals surface area contributed by atoms with Gasteiger partial charge in [0.1, 0.15) is 5.75 Å². The molecule has 2 N–H and O–H groups in total. The van der Waals surface area contributed by atoms with Gasteiger partial charge in [0.2, 0.25) is 0 Å². The van der Waals surface area contributed by atoms with Crippen LogP contribution in [0.15, 0.2) is 23.2 Å². The number of hydrogen-bond acceptors (Lipinski definition) is 3. The van der Waals surface area contributed by atoms with Crippen LogP contribution in [0, 0.1) is 12.8 Å². The van der Waals surface area contributed by atoms with Crippen LogP contribution in [0.4, 0.5) is 0 Å². The number of benzene rings is 1. The third-order valence-corrected chi connectivity index (χ3v) is 4.38. The molecule has 0 atom stereocenters. The molecule has 0 aliphatic heterocycles. The summed E-state index contributed by atoms with van der Waals surface area (Å²) in [5.41, 5.74) is 2.10. The number of ether oxygens (including phenoxy) is 2. The molecule has 0 spiro atoms. The van der Waals surface area contributed by atoms with Crippen molar-refractivity contribution in [2.75, 3.05) is 26.8 Å². The highest BCUT2D eigenvalue weighted by molar-refractivity contribution is 5.79. The first-order chi connectivity index (χ1) is 11.9. The van der Waals surface area contributed by atoms with Crippen molar-refractivity contribution in [1.82, 2.24) is 10.6 Å². The molecule has 0 saturated heterocycles. The Morgan fingerprint density at radius 3 is 2.68 bits per heavy atom. The van der Waals surface area contributed by atoms with Gasteiger partial charge in [0, 0.05) is 25.8 Å². The summed E-state index contributed by atoms with van der Waals surface area (Å²) in [6.07, 6.45) is 2.59. The van der Waals surface area contributed by atoms with Crippen LogP contribution >= 0.6 is 0 Å². The summed E-state index contributed by atoms with van der Waals surface area (Å²) >= 11 is 0. The van der Waals surface area contributed by atoms with E-state index in [0.29, 0.717) is 13.1 Å². The van der Waals surface area contributed by atoms with E-state index in [2.05, 4.69) is 42.7 Å². The average Bonchev–Trinajstić information content (AvgIpc) is 3.41. The van der Waals surface area contributed by atoms with Gasteiger partial charge in [-0.15, -0.1) is 0 Å². The highest BCUT2D eigenvalue weighted by atomic mass is 16.5. The second kappa shape index (κ2) is 9.09. The van der Waals surface area contributed by atoms with Crippen molar-refractivity contribution in [3.63, 3.8) is 0 Å². The van der Waals surface area contributed by atoms with E-state index in [9.17, 15) is 0 Å². The summed E-state index contributed by atoms with van der Waals surface area (Å²) in [4.78, 5) is 4.71. The molecule has 0 radical (unpaired) electrons. The first-order valence-electron chi connectivity index (χ1n) is 9.23. The topological polar surface area (TPSA) is 54.9 Å². The Hall–Kier alpha value is -1.75. The summed E-state index contributed by atoms with van der Waals surface area (Å²) in [5.74, 6) is 2.50. The summed E-state index contributed by atoms with van der Waals surface area (Å²) < 4.78 is 11.5. The van der Waals surface area contributed by atoms with Crippen LogP contribution in [0.2, 0.25) is 0 Å². The maximum atomic E-state index is 6.04. The molecule has 2 rings (SSSR count). The molecule has 1 aliphatic carbocycles. The molecule has 1 aromatic rings. The lowest BCUT2D eigenvalue weighted by atomic mass is 10.1. The predicted octanol–water partition coefficient (Wildman–Crippen LogP) is 3.26. The van der Waals surface area contributed by atoms with Crippen LogP contribution < -0.4 is 15.4 Å². The van der Waals surface area contributed by atoms with Crippen molar-refractivity contribution in [2.24, 2.45) is 10.9 Å². The van der Waals surface area contributed by atoms with Gasteiger partial charge in [-0.2, -0.15) is 0 Å². The fourth-order valence-corrected chi connectivity index (χ4v) is 2.29. The molecular formula is C20H33N3O2. The Morgan fingerprint density at radius 2 is 2.04 bits per heavy atom.